The number of amides is 1. The number of phenols is 1. The van der Waals surface area contributed by atoms with E-state index < -0.39 is 21.8 Å². The van der Waals surface area contributed by atoms with Gasteiger partial charge in [0.05, 0.1) is 17.5 Å². The highest BCUT2D eigenvalue weighted by atomic mass is 32.2. The minimum absolute atomic E-state index is 0.0632. The van der Waals surface area contributed by atoms with Crippen LogP contribution >= 0.6 is 0 Å². The number of nitrogens with zero attached hydrogens (tertiary/aromatic N) is 3. The number of aromatic nitrogens is 2. The zero-order valence-electron chi connectivity index (χ0n) is 20.4. The van der Waals surface area contributed by atoms with Gasteiger partial charge in [0.2, 0.25) is 10.0 Å². The van der Waals surface area contributed by atoms with Gasteiger partial charge in [-0.05, 0) is 71.6 Å². The first-order valence-electron chi connectivity index (χ1n) is 11.6. The minimum Gasteiger partial charge on any atom is -0.506 e. The molecule has 200 valence electrons. The van der Waals surface area contributed by atoms with E-state index in [1.54, 1.807) is 30.3 Å². The van der Waals surface area contributed by atoms with Crippen LogP contribution in [0.25, 0.3) is 22.5 Å². The summed E-state index contributed by atoms with van der Waals surface area (Å²) in [5.41, 5.74) is 1.53. The maximum Gasteiger partial charge on any atom is 0.416 e. The van der Waals surface area contributed by atoms with E-state index in [1.807, 2.05) is 0 Å². The van der Waals surface area contributed by atoms with E-state index in [4.69, 9.17) is 0 Å². The van der Waals surface area contributed by atoms with Crippen LogP contribution in [0.5, 0.6) is 5.75 Å². The van der Waals surface area contributed by atoms with Crippen LogP contribution in [-0.4, -0.2) is 42.2 Å². The third-order valence-corrected chi connectivity index (χ3v) is 6.78. The van der Waals surface area contributed by atoms with Crippen LogP contribution in [0.15, 0.2) is 73.1 Å². The maximum atomic E-state index is 13.7. The molecule has 1 aromatic heterocycles. The summed E-state index contributed by atoms with van der Waals surface area (Å²) in [6.45, 7) is 0.240. The summed E-state index contributed by atoms with van der Waals surface area (Å²) < 4.78 is 66.6. The maximum absolute atomic E-state index is 13.7. The second-order valence-corrected chi connectivity index (χ2v) is 10.8. The molecular formula is C27H21F3N4O4S. The molecule has 0 unspecified atom stereocenters. The third kappa shape index (κ3) is 5.55. The highest BCUT2D eigenvalue weighted by molar-refractivity contribution is 7.92. The van der Waals surface area contributed by atoms with Gasteiger partial charge in [-0.15, -0.1) is 0 Å². The van der Waals surface area contributed by atoms with Crippen molar-refractivity contribution in [3.8, 4) is 28.3 Å². The van der Waals surface area contributed by atoms with Crippen molar-refractivity contribution in [2.24, 2.45) is 0 Å². The number of benzene rings is 3. The lowest BCUT2D eigenvalue weighted by atomic mass is 9.92. The number of fused-ring (bicyclic) bond motifs is 1. The standard InChI is InChI=1S/C27H21F3N4O4S/c1-39(37,38)33-23-15-21(4-6-24(23)35)34-10-7-17-11-16(3-5-22(17)26(34)36)18-12-19(25-31-8-2-9-32-25)14-20(13-18)27(28,29)30/h2-6,8-9,11-15,33,35H,7,10H2,1H3. The fourth-order valence-corrected chi connectivity index (χ4v) is 4.99. The van der Waals surface area contributed by atoms with E-state index in [-0.39, 0.29) is 35.3 Å². The Hall–Kier alpha value is -4.45. The monoisotopic (exact) mass is 554 g/mol. The summed E-state index contributed by atoms with van der Waals surface area (Å²) in [4.78, 5) is 22.9. The van der Waals surface area contributed by atoms with E-state index in [0.717, 1.165) is 18.4 Å². The molecule has 0 bridgehead atoms. The molecule has 8 nitrogen and oxygen atoms in total. The van der Waals surface area contributed by atoms with Gasteiger partial charge < -0.3 is 10.0 Å². The van der Waals surface area contributed by atoms with Gasteiger partial charge in [0.1, 0.15) is 5.75 Å². The van der Waals surface area contributed by atoms with E-state index in [9.17, 15) is 31.5 Å². The Morgan fingerprint density at radius 2 is 1.67 bits per heavy atom. The Balaban J connectivity index is 1.50. The summed E-state index contributed by atoms with van der Waals surface area (Å²) >= 11 is 0. The molecule has 5 rings (SSSR count). The molecule has 3 aromatic carbocycles. The van der Waals surface area contributed by atoms with Crippen LogP contribution in [0.2, 0.25) is 0 Å². The highest BCUT2D eigenvalue weighted by Gasteiger charge is 2.32. The molecule has 2 N–H and O–H groups in total. The van der Waals surface area contributed by atoms with Crippen molar-refractivity contribution in [1.29, 1.82) is 0 Å². The number of anilines is 2. The SMILES string of the molecule is CS(=O)(=O)Nc1cc(N2CCc3cc(-c4cc(-c5ncccn5)cc(C(F)(F)F)c4)ccc3C2=O)ccc1O. The van der Waals surface area contributed by atoms with Crippen LogP contribution in [0, 0.1) is 0 Å². The van der Waals surface area contributed by atoms with Crippen LogP contribution in [0.3, 0.4) is 0 Å². The minimum atomic E-state index is -4.58. The second-order valence-electron chi connectivity index (χ2n) is 9.02. The van der Waals surface area contributed by atoms with Crippen LogP contribution in [0.4, 0.5) is 24.5 Å². The molecule has 12 heteroatoms. The van der Waals surface area contributed by atoms with E-state index in [1.165, 1.54) is 35.5 Å². The number of hydrogen-bond acceptors (Lipinski definition) is 6. The van der Waals surface area contributed by atoms with Gasteiger partial charge in [-0.2, -0.15) is 13.2 Å². The lowest BCUT2D eigenvalue weighted by molar-refractivity contribution is -0.137. The predicted octanol–water partition coefficient (Wildman–Crippen LogP) is 5.11. The Morgan fingerprint density at radius 1 is 0.949 bits per heavy atom. The van der Waals surface area contributed by atoms with Gasteiger partial charge in [0.25, 0.3) is 5.91 Å². The van der Waals surface area contributed by atoms with Crippen molar-refractivity contribution in [3.05, 3.63) is 89.7 Å². The largest absolute Gasteiger partial charge is 0.506 e. The van der Waals surface area contributed by atoms with Crippen molar-refractivity contribution in [2.45, 2.75) is 12.6 Å². The molecule has 4 aromatic rings. The van der Waals surface area contributed by atoms with Gasteiger partial charge in [-0.25, -0.2) is 18.4 Å². The van der Waals surface area contributed by atoms with Crippen molar-refractivity contribution < 1.29 is 31.5 Å². The van der Waals surface area contributed by atoms with Crippen LogP contribution in [-0.2, 0) is 22.6 Å². The van der Waals surface area contributed by atoms with Crippen LogP contribution < -0.4 is 9.62 Å². The lowest BCUT2D eigenvalue weighted by Crippen LogP contribution is -2.37. The molecule has 0 atom stereocenters. The summed E-state index contributed by atoms with van der Waals surface area (Å²) in [5, 5.41) is 10.0. The van der Waals surface area contributed by atoms with Gasteiger partial charge in [0, 0.05) is 35.8 Å². The first-order chi connectivity index (χ1) is 18.4. The van der Waals surface area contributed by atoms with Crippen molar-refractivity contribution in [3.63, 3.8) is 0 Å². The number of carbonyl (C=O) groups is 1. The zero-order chi connectivity index (χ0) is 27.9. The van der Waals surface area contributed by atoms with E-state index in [0.29, 0.717) is 34.4 Å². The van der Waals surface area contributed by atoms with Crippen molar-refractivity contribution >= 4 is 27.3 Å². The molecule has 0 saturated carbocycles. The Morgan fingerprint density at radius 3 is 2.36 bits per heavy atom. The normalized spacial score (nSPS) is 13.7. The predicted molar refractivity (Wildman–Crippen MR) is 140 cm³/mol. The summed E-state index contributed by atoms with van der Waals surface area (Å²) in [6.07, 6.45) is -0.337. The van der Waals surface area contributed by atoms with Gasteiger partial charge >= 0.3 is 6.18 Å². The van der Waals surface area contributed by atoms with Crippen molar-refractivity contribution in [1.82, 2.24) is 9.97 Å². The Kier molecular flexibility index (Phi) is 6.51. The number of halogens is 3. The lowest BCUT2D eigenvalue weighted by Gasteiger charge is -2.29. The molecule has 1 amide bonds. The first kappa shape index (κ1) is 26.2. The molecular weight excluding hydrogens is 533 g/mol. The Bertz CT molecular complexity index is 1690. The third-order valence-electron chi connectivity index (χ3n) is 6.19. The number of aromatic hydroxyl groups is 1. The zero-order valence-corrected chi connectivity index (χ0v) is 21.2. The van der Waals surface area contributed by atoms with Gasteiger partial charge in [-0.1, -0.05) is 12.1 Å². The number of hydrogen-bond donors (Lipinski definition) is 2. The number of phenolic OH excluding ortho intramolecular Hbond substituents is 1. The second kappa shape index (κ2) is 9.70. The highest BCUT2D eigenvalue weighted by Crippen LogP contribution is 2.37. The number of sulfonamides is 1. The van der Waals surface area contributed by atoms with Crippen molar-refractivity contribution in [2.75, 3.05) is 22.4 Å². The average Bonchev–Trinajstić information content (AvgIpc) is 2.89. The van der Waals surface area contributed by atoms with E-state index >= 15 is 0 Å². The number of rotatable bonds is 5. The number of carbonyl (C=O) groups excluding carboxylic acids is 1. The first-order valence-corrected chi connectivity index (χ1v) is 13.5. The molecule has 2 heterocycles. The molecule has 0 aliphatic carbocycles. The summed E-state index contributed by atoms with van der Waals surface area (Å²) in [6, 6.07) is 14.2. The van der Waals surface area contributed by atoms with Gasteiger partial charge in [-0.3, -0.25) is 9.52 Å². The molecule has 1 aliphatic heterocycles. The van der Waals surface area contributed by atoms with E-state index in [2.05, 4.69) is 14.7 Å². The molecule has 39 heavy (non-hydrogen) atoms. The van der Waals surface area contributed by atoms with Gasteiger partial charge in [0.15, 0.2) is 5.82 Å². The topological polar surface area (TPSA) is 112 Å². The molecule has 0 saturated heterocycles. The molecule has 1 aliphatic rings. The quantitative estimate of drug-likeness (QED) is 0.332. The summed E-state index contributed by atoms with van der Waals surface area (Å²) in [5.74, 6) is -0.492. The molecule has 0 radical (unpaired) electrons. The summed E-state index contributed by atoms with van der Waals surface area (Å²) in [7, 11) is -3.67. The fourth-order valence-electron chi connectivity index (χ4n) is 4.42. The molecule has 0 fully saturated rings. The number of alkyl halides is 3. The average molecular weight is 555 g/mol. The number of nitrogens with one attached hydrogen (secondary N) is 1. The smallest absolute Gasteiger partial charge is 0.416 e. The van der Waals surface area contributed by atoms with Crippen LogP contribution in [0.1, 0.15) is 21.5 Å². The fraction of sp³-hybridized carbons (Fsp3) is 0.148. The molecule has 0 spiro atoms. The Labute approximate surface area is 221 Å².